The van der Waals surface area contributed by atoms with E-state index in [2.05, 4.69) is 4.98 Å². The molecule has 0 unspecified atom stereocenters. The maximum atomic E-state index is 13.2. The highest BCUT2D eigenvalue weighted by molar-refractivity contribution is 7.89. The summed E-state index contributed by atoms with van der Waals surface area (Å²) in [7, 11) is -3.82. The van der Waals surface area contributed by atoms with Crippen molar-refractivity contribution in [3.63, 3.8) is 0 Å². The number of rotatable bonds is 6. The summed E-state index contributed by atoms with van der Waals surface area (Å²) >= 11 is 0. The molecule has 1 amide bonds. The molecule has 0 fully saturated rings. The zero-order chi connectivity index (χ0) is 19.6. The molecular weight excluding hydrogens is 373 g/mol. The van der Waals surface area contributed by atoms with E-state index in [4.69, 9.17) is 15.3 Å². The molecule has 0 saturated heterocycles. The molecule has 0 aliphatic heterocycles. The van der Waals surface area contributed by atoms with E-state index in [0.29, 0.717) is 28.5 Å². The lowest BCUT2D eigenvalue weighted by Gasteiger charge is -2.03. The molecule has 4 N–H and O–H groups in total. The Bertz CT molecular complexity index is 1070. The normalized spacial score (nSPS) is 11.5. The second kappa shape index (κ2) is 7.29. The Morgan fingerprint density at radius 3 is 2.19 bits per heavy atom. The van der Waals surface area contributed by atoms with Crippen LogP contribution in [0.3, 0.4) is 0 Å². The van der Waals surface area contributed by atoms with Crippen LogP contribution >= 0.6 is 0 Å². The fourth-order valence-corrected chi connectivity index (χ4v) is 3.01. The smallest absolute Gasteiger partial charge is 0.238 e. The van der Waals surface area contributed by atoms with Crippen LogP contribution in [0.1, 0.15) is 12.3 Å². The maximum absolute atomic E-state index is 13.2. The van der Waals surface area contributed by atoms with E-state index in [1.165, 1.54) is 36.4 Å². The van der Waals surface area contributed by atoms with Crippen molar-refractivity contribution in [2.75, 3.05) is 0 Å². The molecule has 9 heteroatoms. The van der Waals surface area contributed by atoms with Crippen LogP contribution in [0.2, 0.25) is 0 Å². The third-order valence-corrected chi connectivity index (χ3v) is 4.75. The van der Waals surface area contributed by atoms with E-state index in [1.54, 1.807) is 12.1 Å². The van der Waals surface area contributed by atoms with Crippen molar-refractivity contribution >= 4 is 15.9 Å². The van der Waals surface area contributed by atoms with E-state index in [-0.39, 0.29) is 17.7 Å². The third-order valence-electron chi connectivity index (χ3n) is 3.82. The molecule has 0 bridgehead atoms. The van der Waals surface area contributed by atoms with E-state index < -0.39 is 21.7 Å². The van der Waals surface area contributed by atoms with Gasteiger partial charge in [0.15, 0.2) is 11.7 Å². The molecule has 2 aromatic carbocycles. The Morgan fingerprint density at radius 2 is 1.63 bits per heavy atom. The average molecular weight is 389 g/mol. The first-order chi connectivity index (χ1) is 12.7. The molecule has 0 spiro atoms. The van der Waals surface area contributed by atoms with Crippen LogP contribution < -0.4 is 10.9 Å². The number of aryl methyl sites for hydroxylation is 1. The summed E-state index contributed by atoms with van der Waals surface area (Å²) in [5, 5.41) is 5.11. The van der Waals surface area contributed by atoms with Gasteiger partial charge in [-0.3, -0.25) is 4.79 Å². The van der Waals surface area contributed by atoms with Crippen LogP contribution in [0.15, 0.2) is 57.8 Å². The van der Waals surface area contributed by atoms with Gasteiger partial charge in [0.05, 0.1) is 4.90 Å². The fourth-order valence-electron chi connectivity index (χ4n) is 2.50. The molecular formula is C18H16FN3O4S. The number of aromatic nitrogens is 1. The van der Waals surface area contributed by atoms with Crippen molar-refractivity contribution < 1.29 is 22.0 Å². The van der Waals surface area contributed by atoms with Crippen molar-refractivity contribution in [1.29, 1.82) is 0 Å². The summed E-state index contributed by atoms with van der Waals surface area (Å²) in [5.41, 5.74) is 6.77. The van der Waals surface area contributed by atoms with E-state index in [1.807, 2.05) is 0 Å². The van der Waals surface area contributed by atoms with Gasteiger partial charge in [0, 0.05) is 24.0 Å². The minimum Gasteiger partial charge on any atom is -0.440 e. The van der Waals surface area contributed by atoms with Gasteiger partial charge in [0.25, 0.3) is 0 Å². The monoisotopic (exact) mass is 389 g/mol. The first-order valence-electron chi connectivity index (χ1n) is 7.91. The highest BCUT2D eigenvalue weighted by Crippen LogP contribution is 2.33. The van der Waals surface area contributed by atoms with Crippen molar-refractivity contribution in [2.24, 2.45) is 10.9 Å². The van der Waals surface area contributed by atoms with Crippen LogP contribution in [0.5, 0.6) is 0 Å². The van der Waals surface area contributed by atoms with Crippen LogP contribution in [0, 0.1) is 5.82 Å². The number of halogens is 1. The molecule has 3 aromatic rings. The largest absolute Gasteiger partial charge is 0.440 e. The first-order valence-corrected chi connectivity index (χ1v) is 9.46. The van der Waals surface area contributed by atoms with Gasteiger partial charge in [0.2, 0.25) is 15.9 Å². The second-order valence-corrected chi connectivity index (χ2v) is 7.39. The molecule has 27 heavy (non-hydrogen) atoms. The van der Waals surface area contributed by atoms with Crippen molar-refractivity contribution in [1.82, 2.24) is 4.98 Å². The average Bonchev–Trinajstić information content (AvgIpc) is 3.04. The Kier molecular flexibility index (Phi) is 5.06. The van der Waals surface area contributed by atoms with Gasteiger partial charge in [-0.15, -0.1) is 0 Å². The molecule has 7 nitrogen and oxygen atoms in total. The summed E-state index contributed by atoms with van der Waals surface area (Å²) in [6, 6.07) is 11.5. The van der Waals surface area contributed by atoms with Crippen LogP contribution in [0.25, 0.3) is 22.6 Å². The Morgan fingerprint density at radius 1 is 1.04 bits per heavy atom. The number of carbonyl (C=O) groups excluding carboxylic acids is 1. The molecule has 0 aliphatic carbocycles. The number of carbonyl (C=O) groups is 1. The predicted octanol–water partition coefficient (Wildman–Crippen LogP) is 2.21. The summed E-state index contributed by atoms with van der Waals surface area (Å²) in [4.78, 5) is 15.4. The minimum atomic E-state index is -3.82. The molecule has 0 atom stereocenters. The SMILES string of the molecule is NC(=O)CCc1nc(-c2ccc(F)cc2)c(-c2ccc(S(N)(=O)=O)cc2)o1. The minimum absolute atomic E-state index is 0.0388. The second-order valence-electron chi connectivity index (χ2n) is 5.83. The molecule has 1 aromatic heterocycles. The number of benzene rings is 2. The first kappa shape index (κ1) is 18.7. The van der Waals surface area contributed by atoms with Gasteiger partial charge >= 0.3 is 0 Å². The fraction of sp³-hybridized carbons (Fsp3) is 0.111. The highest BCUT2D eigenvalue weighted by Gasteiger charge is 2.18. The molecule has 3 rings (SSSR count). The van der Waals surface area contributed by atoms with E-state index in [9.17, 15) is 17.6 Å². The Labute approximate surface area is 154 Å². The van der Waals surface area contributed by atoms with Gasteiger partial charge in [-0.25, -0.2) is 22.9 Å². The molecule has 140 valence electrons. The lowest BCUT2D eigenvalue weighted by Crippen LogP contribution is -2.11. The molecule has 0 radical (unpaired) electrons. The molecule has 0 saturated carbocycles. The summed E-state index contributed by atoms with van der Waals surface area (Å²) in [6.45, 7) is 0. The maximum Gasteiger partial charge on any atom is 0.238 e. The Balaban J connectivity index is 2.06. The molecule has 1 heterocycles. The topological polar surface area (TPSA) is 129 Å². The van der Waals surface area contributed by atoms with Crippen molar-refractivity contribution in [3.05, 3.63) is 60.2 Å². The van der Waals surface area contributed by atoms with Crippen LogP contribution in [-0.4, -0.2) is 19.3 Å². The van der Waals surface area contributed by atoms with Gasteiger partial charge in [-0.2, -0.15) is 0 Å². The number of primary sulfonamides is 1. The van der Waals surface area contributed by atoms with E-state index in [0.717, 1.165) is 0 Å². The highest BCUT2D eigenvalue weighted by atomic mass is 32.2. The van der Waals surface area contributed by atoms with Gasteiger partial charge in [-0.1, -0.05) is 0 Å². The number of primary amides is 1. The number of hydrogen-bond donors (Lipinski definition) is 2. The summed E-state index contributed by atoms with van der Waals surface area (Å²) in [5.74, 6) is -0.230. The quantitative estimate of drug-likeness (QED) is 0.668. The standard InChI is InChI=1S/C18H16FN3O4S/c19-13-5-1-11(2-6-13)17-18(26-16(22-17)10-9-15(20)23)12-3-7-14(8-4-12)27(21,24)25/h1-8H,9-10H2,(H2,20,23)(H2,21,24,25). The number of amides is 1. The lowest BCUT2D eigenvalue weighted by molar-refractivity contribution is -0.118. The van der Waals surface area contributed by atoms with Crippen molar-refractivity contribution in [2.45, 2.75) is 17.7 Å². The number of hydrogen-bond acceptors (Lipinski definition) is 5. The van der Waals surface area contributed by atoms with Gasteiger partial charge in [-0.05, 0) is 48.5 Å². The Hall–Kier alpha value is -3.04. The van der Waals surface area contributed by atoms with Gasteiger partial charge < -0.3 is 10.2 Å². The number of nitrogens with two attached hydrogens (primary N) is 2. The van der Waals surface area contributed by atoms with Crippen molar-refractivity contribution in [3.8, 4) is 22.6 Å². The summed E-state index contributed by atoms with van der Waals surface area (Å²) in [6.07, 6.45) is 0.270. The molecule has 0 aliphatic rings. The number of oxazole rings is 1. The third kappa shape index (κ3) is 4.39. The lowest BCUT2D eigenvalue weighted by atomic mass is 10.1. The van der Waals surface area contributed by atoms with E-state index >= 15 is 0 Å². The number of nitrogens with zero attached hydrogens (tertiary/aromatic N) is 1. The summed E-state index contributed by atoms with van der Waals surface area (Å²) < 4.78 is 41.8. The van der Waals surface area contributed by atoms with Gasteiger partial charge in [0.1, 0.15) is 11.5 Å². The predicted molar refractivity (Wildman–Crippen MR) is 96.2 cm³/mol. The zero-order valence-corrected chi connectivity index (χ0v) is 14.9. The zero-order valence-electron chi connectivity index (χ0n) is 14.1. The van der Waals surface area contributed by atoms with Crippen LogP contribution in [-0.2, 0) is 21.2 Å². The van der Waals surface area contributed by atoms with Crippen LogP contribution in [0.4, 0.5) is 4.39 Å². The number of sulfonamides is 1.